The fourth-order valence-corrected chi connectivity index (χ4v) is 3.81. The molecule has 2 N–H and O–H groups in total. The SMILES string of the molecule is CC(C)(C)OC(=O)N1CCN2c3cc(-c4cccc(Cl)c4O)nnc3NCC2C1. The van der Waals surface area contributed by atoms with Crippen molar-refractivity contribution in [3.05, 3.63) is 29.3 Å². The number of carbonyl (C=O) groups excluding carboxylic acids is 1. The Morgan fingerprint density at radius 2 is 2.10 bits per heavy atom. The van der Waals surface area contributed by atoms with Gasteiger partial charge in [0.25, 0.3) is 0 Å². The molecule has 3 heterocycles. The summed E-state index contributed by atoms with van der Waals surface area (Å²) < 4.78 is 5.51. The molecule has 2 aliphatic heterocycles. The summed E-state index contributed by atoms with van der Waals surface area (Å²) in [5, 5.41) is 22.4. The van der Waals surface area contributed by atoms with Gasteiger partial charge in [-0.2, -0.15) is 0 Å². The number of ether oxygens (including phenoxy) is 1. The molecule has 154 valence electrons. The van der Waals surface area contributed by atoms with Crippen LogP contribution in [0.25, 0.3) is 11.3 Å². The highest BCUT2D eigenvalue weighted by molar-refractivity contribution is 6.32. The Hall–Kier alpha value is -2.74. The Labute approximate surface area is 174 Å². The summed E-state index contributed by atoms with van der Waals surface area (Å²) in [5.41, 5.74) is 1.45. The monoisotopic (exact) mass is 417 g/mol. The van der Waals surface area contributed by atoms with Crippen molar-refractivity contribution in [3.63, 3.8) is 0 Å². The molecular weight excluding hydrogens is 394 g/mol. The molecule has 2 aromatic rings. The Morgan fingerprint density at radius 3 is 2.86 bits per heavy atom. The second kappa shape index (κ2) is 7.26. The van der Waals surface area contributed by atoms with Crippen LogP contribution in [0.5, 0.6) is 5.75 Å². The predicted octanol–water partition coefficient (Wildman–Crippen LogP) is 3.35. The number of rotatable bonds is 1. The van der Waals surface area contributed by atoms with Crippen molar-refractivity contribution >= 4 is 29.2 Å². The van der Waals surface area contributed by atoms with Gasteiger partial charge < -0.3 is 25.0 Å². The number of aromatic nitrogens is 2. The van der Waals surface area contributed by atoms with Gasteiger partial charge in [0.1, 0.15) is 11.4 Å². The molecule has 8 nitrogen and oxygen atoms in total. The zero-order chi connectivity index (χ0) is 20.8. The molecule has 0 spiro atoms. The number of carbonyl (C=O) groups is 1. The quantitative estimate of drug-likeness (QED) is 0.735. The molecule has 1 aromatic heterocycles. The minimum absolute atomic E-state index is 0.0153. The van der Waals surface area contributed by atoms with Gasteiger partial charge in [-0.05, 0) is 39.0 Å². The first-order valence-electron chi connectivity index (χ1n) is 9.57. The number of phenols is 1. The number of piperazine rings is 1. The smallest absolute Gasteiger partial charge is 0.410 e. The van der Waals surface area contributed by atoms with Crippen LogP contribution in [-0.4, -0.2) is 64.1 Å². The molecule has 1 atom stereocenters. The van der Waals surface area contributed by atoms with Crippen LogP contribution < -0.4 is 10.2 Å². The minimum Gasteiger partial charge on any atom is -0.506 e. The van der Waals surface area contributed by atoms with Crippen LogP contribution in [0.3, 0.4) is 0 Å². The second-order valence-corrected chi connectivity index (χ2v) is 8.66. The van der Waals surface area contributed by atoms with E-state index in [1.54, 1.807) is 23.1 Å². The summed E-state index contributed by atoms with van der Waals surface area (Å²) in [6.45, 7) is 8.03. The Bertz CT molecular complexity index is 946. The van der Waals surface area contributed by atoms with Crippen molar-refractivity contribution < 1.29 is 14.6 Å². The minimum atomic E-state index is -0.519. The summed E-state index contributed by atoms with van der Waals surface area (Å²) in [7, 11) is 0. The highest BCUT2D eigenvalue weighted by Gasteiger charge is 2.36. The number of halogens is 1. The van der Waals surface area contributed by atoms with E-state index in [9.17, 15) is 9.90 Å². The molecule has 0 aliphatic carbocycles. The molecule has 0 bridgehead atoms. The average molecular weight is 418 g/mol. The summed E-state index contributed by atoms with van der Waals surface area (Å²) >= 11 is 6.04. The van der Waals surface area contributed by atoms with Gasteiger partial charge in [0.2, 0.25) is 0 Å². The number of aromatic hydroxyl groups is 1. The molecule has 1 fully saturated rings. The lowest BCUT2D eigenvalue weighted by Crippen LogP contribution is -2.59. The van der Waals surface area contributed by atoms with Crippen LogP contribution >= 0.6 is 11.6 Å². The van der Waals surface area contributed by atoms with E-state index in [1.165, 1.54) is 0 Å². The van der Waals surface area contributed by atoms with Crippen molar-refractivity contribution in [2.45, 2.75) is 32.4 Å². The molecule has 1 saturated heterocycles. The standard InChI is InChI=1S/C20H24ClN5O3/c1-20(2,3)29-19(28)25-7-8-26-12(11-25)10-22-18-16(26)9-15(23-24-18)13-5-4-6-14(21)17(13)27/h4-6,9,12,27H,7-8,10-11H2,1-3H3,(H,22,24). The number of nitrogens with one attached hydrogen (secondary N) is 1. The lowest BCUT2D eigenvalue weighted by Gasteiger charge is -2.45. The number of para-hydroxylation sites is 1. The predicted molar refractivity (Wildman–Crippen MR) is 112 cm³/mol. The maximum atomic E-state index is 12.4. The zero-order valence-electron chi connectivity index (χ0n) is 16.6. The molecule has 9 heteroatoms. The van der Waals surface area contributed by atoms with Crippen molar-refractivity contribution in [2.75, 3.05) is 36.4 Å². The summed E-state index contributed by atoms with van der Waals surface area (Å²) in [5.74, 6) is 0.677. The first-order chi connectivity index (χ1) is 13.7. The van der Waals surface area contributed by atoms with Crippen LogP contribution in [0, 0.1) is 0 Å². The molecular formula is C20H24ClN5O3. The summed E-state index contributed by atoms with van der Waals surface area (Å²) in [6.07, 6.45) is -0.291. The van der Waals surface area contributed by atoms with Crippen molar-refractivity contribution in [2.24, 2.45) is 0 Å². The van der Waals surface area contributed by atoms with E-state index in [4.69, 9.17) is 16.3 Å². The number of nitrogens with zero attached hydrogens (tertiary/aromatic N) is 4. The summed E-state index contributed by atoms with van der Waals surface area (Å²) in [6, 6.07) is 7.13. The first kappa shape index (κ1) is 19.6. The number of fused-ring (bicyclic) bond motifs is 3. The van der Waals surface area contributed by atoms with E-state index >= 15 is 0 Å². The van der Waals surface area contributed by atoms with Crippen molar-refractivity contribution in [1.82, 2.24) is 15.1 Å². The van der Waals surface area contributed by atoms with Gasteiger partial charge in [0, 0.05) is 31.7 Å². The van der Waals surface area contributed by atoms with E-state index in [-0.39, 0.29) is 22.9 Å². The van der Waals surface area contributed by atoms with Crippen LogP contribution in [0.2, 0.25) is 5.02 Å². The molecule has 1 amide bonds. The van der Waals surface area contributed by atoms with Gasteiger partial charge in [-0.25, -0.2) is 4.79 Å². The topological polar surface area (TPSA) is 90.8 Å². The third-order valence-corrected chi connectivity index (χ3v) is 5.29. The van der Waals surface area contributed by atoms with Gasteiger partial charge in [0.05, 0.1) is 22.4 Å². The lowest BCUT2D eigenvalue weighted by atomic mass is 10.1. The highest BCUT2D eigenvalue weighted by Crippen LogP contribution is 2.38. The molecule has 1 aromatic carbocycles. The molecule has 2 aliphatic rings. The van der Waals surface area contributed by atoms with E-state index in [0.29, 0.717) is 43.3 Å². The maximum absolute atomic E-state index is 12.4. The molecule has 0 saturated carbocycles. The van der Waals surface area contributed by atoms with Gasteiger partial charge in [0.15, 0.2) is 5.82 Å². The lowest BCUT2D eigenvalue weighted by molar-refractivity contribution is 0.0216. The third-order valence-electron chi connectivity index (χ3n) is 4.99. The van der Waals surface area contributed by atoms with Gasteiger partial charge >= 0.3 is 6.09 Å². The van der Waals surface area contributed by atoms with Gasteiger partial charge in [-0.15, -0.1) is 10.2 Å². The van der Waals surface area contributed by atoms with E-state index in [2.05, 4.69) is 20.4 Å². The zero-order valence-corrected chi connectivity index (χ0v) is 17.4. The van der Waals surface area contributed by atoms with Crippen LogP contribution in [-0.2, 0) is 4.74 Å². The van der Waals surface area contributed by atoms with Crippen LogP contribution in [0.4, 0.5) is 16.3 Å². The molecule has 1 unspecified atom stereocenters. The molecule has 0 radical (unpaired) electrons. The fraction of sp³-hybridized carbons (Fsp3) is 0.450. The van der Waals surface area contributed by atoms with E-state index in [1.807, 2.05) is 26.8 Å². The molecule has 4 rings (SSSR count). The number of anilines is 2. The maximum Gasteiger partial charge on any atom is 0.410 e. The highest BCUT2D eigenvalue weighted by atomic mass is 35.5. The van der Waals surface area contributed by atoms with Crippen molar-refractivity contribution in [1.29, 1.82) is 0 Å². The number of hydrogen-bond acceptors (Lipinski definition) is 7. The Balaban J connectivity index is 1.58. The fourth-order valence-electron chi connectivity index (χ4n) is 3.63. The largest absolute Gasteiger partial charge is 0.506 e. The van der Waals surface area contributed by atoms with Crippen LogP contribution in [0.15, 0.2) is 24.3 Å². The number of hydrogen-bond donors (Lipinski definition) is 2. The van der Waals surface area contributed by atoms with E-state index in [0.717, 1.165) is 5.69 Å². The Kier molecular flexibility index (Phi) is 4.90. The second-order valence-electron chi connectivity index (χ2n) is 8.25. The number of benzene rings is 1. The number of amides is 1. The number of phenolic OH excluding ortho intramolecular Hbond substituents is 1. The first-order valence-corrected chi connectivity index (χ1v) is 9.95. The molecule has 29 heavy (non-hydrogen) atoms. The van der Waals surface area contributed by atoms with E-state index < -0.39 is 5.60 Å². The average Bonchev–Trinajstić information content (AvgIpc) is 2.68. The van der Waals surface area contributed by atoms with Gasteiger partial charge in [-0.3, -0.25) is 0 Å². The normalized spacial score (nSPS) is 18.6. The van der Waals surface area contributed by atoms with Crippen LogP contribution in [0.1, 0.15) is 20.8 Å². The third kappa shape index (κ3) is 3.89. The van der Waals surface area contributed by atoms with Gasteiger partial charge in [-0.1, -0.05) is 17.7 Å². The summed E-state index contributed by atoms with van der Waals surface area (Å²) in [4.78, 5) is 16.4. The Morgan fingerprint density at radius 1 is 1.31 bits per heavy atom. The van der Waals surface area contributed by atoms with Crippen molar-refractivity contribution in [3.8, 4) is 17.0 Å².